The molecule has 2 atom stereocenters. The summed E-state index contributed by atoms with van der Waals surface area (Å²) in [5.41, 5.74) is -0.585. The molecule has 0 amide bonds. The van der Waals surface area contributed by atoms with E-state index in [-0.39, 0.29) is 0 Å². The Balaban J connectivity index is 2.65. The summed E-state index contributed by atoms with van der Waals surface area (Å²) in [6, 6.07) is 0.535. The third kappa shape index (κ3) is 3.21. The summed E-state index contributed by atoms with van der Waals surface area (Å²) in [6.07, 6.45) is 5.69. The van der Waals surface area contributed by atoms with E-state index in [4.69, 9.17) is 0 Å². The fraction of sp³-hybridized carbons (Fsp3) is 0.923. The molecule has 0 saturated carbocycles. The molecule has 16 heavy (non-hydrogen) atoms. The lowest BCUT2D eigenvalue weighted by Gasteiger charge is -2.34. The van der Waals surface area contributed by atoms with Gasteiger partial charge in [0.2, 0.25) is 0 Å². The van der Waals surface area contributed by atoms with Gasteiger partial charge in [-0.15, -0.1) is 0 Å². The molecule has 2 unspecified atom stereocenters. The number of rotatable bonds is 4. The van der Waals surface area contributed by atoms with Crippen LogP contribution in [0.15, 0.2) is 0 Å². The van der Waals surface area contributed by atoms with E-state index in [0.717, 1.165) is 6.54 Å². The molecule has 1 N–H and O–H groups in total. The minimum absolute atomic E-state index is 0.535. The van der Waals surface area contributed by atoms with Crippen molar-refractivity contribution in [3.05, 3.63) is 0 Å². The Morgan fingerprint density at radius 1 is 1.44 bits per heavy atom. The van der Waals surface area contributed by atoms with Gasteiger partial charge < -0.3 is 5.11 Å². The average molecular weight is 227 g/mol. The second-order valence-corrected chi connectivity index (χ2v) is 5.39. The SMILES string of the molecule is CCC(C)(CN1CCCCCC1C)C(=O)O. The maximum Gasteiger partial charge on any atom is 0.310 e. The van der Waals surface area contributed by atoms with Gasteiger partial charge in [0.05, 0.1) is 5.41 Å². The summed E-state index contributed by atoms with van der Waals surface area (Å²) in [7, 11) is 0. The van der Waals surface area contributed by atoms with Crippen LogP contribution in [-0.2, 0) is 4.79 Å². The lowest BCUT2D eigenvalue weighted by atomic mass is 9.86. The van der Waals surface area contributed by atoms with Gasteiger partial charge in [-0.05, 0) is 39.7 Å². The highest BCUT2D eigenvalue weighted by molar-refractivity contribution is 5.74. The van der Waals surface area contributed by atoms with E-state index in [1.165, 1.54) is 25.7 Å². The molecule has 1 rings (SSSR count). The zero-order valence-electron chi connectivity index (χ0n) is 10.8. The molecule has 3 nitrogen and oxygen atoms in total. The summed E-state index contributed by atoms with van der Waals surface area (Å²) in [5.74, 6) is -0.661. The highest BCUT2D eigenvalue weighted by Crippen LogP contribution is 2.26. The van der Waals surface area contributed by atoms with Gasteiger partial charge in [0.15, 0.2) is 0 Å². The van der Waals surface area contributed by atoms with Crippen molar-refractivity contribution >= 4 is 5.97 Å². The first kappa shape index (κ1) is 13.5. The first-order valence-electron chi connectivity index (χ1n) is 6.47. The molecule has 0 aromatic rings. The molecular weight excluding hydrogens is 202 g/mol. The van der Waals surface area contributed by atoms with Crippen molar-refractivity contribution in [1.29, 1.82) is 0 Å². The van der Waals surface area contributed by atoms with Crippen LogP contribution in [0.2, 0.25) is 0 Å². The third-order valence-electron chi connectivity index (χ3n) is 4.04. The van der Waals surface area contributed by atoms with Crippen LogP contribution < -0.4 is 0 Å². The van der Waals surface area contributed by atoms with Gasteiger partial charge in [0.25, 0.3) is 0 Å². The standard InChI is InChI=1S/C13H25NO2/c1-4-13(3,12(15)16)10-14-9-7-5-6-8-11(14)2/h11H,4-10H2,1-3H3,(H,15,16). The van der Waals surface area contributed by atoms with Crippen LogP contribution in [0, 0.1) is 5.41 Å². The number of nitrogens with zero attached hydrogens (tertiary/aromatic N) is 1. The largest absolute Gasteiger partial charge is 0.481 e. The summed E-state index contributed by atoms with van der Waals surface area (Å²) in [5, 5.41) is 9.29. The Morgan fingerprint density at radius 3 is 2.69 bits per heavy atom. The Hall–Kier alpha value is -0.570. The molecule has 1 fully saturated rings. The summed E-state index contributed by atoms with van der Waals surface area (Å²) in [6.45, 7) is 7.82. The number of carboxylic acid groups (broad SMARTS) is 1. The van der Waals surface area contributed by atoms with Crippen LogP contribution in [0.3, 0.4) is 0 Å². The topological polar surface area (TPSA) is 40.5 Å². The lowest BCUT2D eigenvalue weighted by Crippen LogP contribution is -2.44. The van der Waals surface area contributed by atoms with E-state index in [2.05, 4.69) is 11.8 Å². The molecule has 1 aliphatic heterocycles. The van der Waals surface area contributed by atoms with E-state index in [1.54, 1.807) is 0 Å². The molecular formula is C13H25NO2. The van der Waals surface area contributed by atoms with Crippen LogP contribution in [0.5, 0.6) is 0 Å². The van der Waals surface area contributed by atoms with Crippen molar-refractivity contribution in [2.75, 3.05) is 13.1 Å². The molecule has 1 saturated heterocycles. The molecule has 0 aromatic carbocycles. The van der Waals surface area contributed by atoms with E-state index in [9.17, 15) is 9.90 Å². The van der Waals surface area contributed by atoms with Crippen molar-refractivity contribution in [3.8, 4) is 0 Å². The first-order chi connectivity index (χ1) is 7.49. The predicted molar refractivity (Wildman–Crippen MR) is 65.5 cm³/mol. The van der Waals surface area contributed by atoms with E-state index in [0.29, 0.717) is 19.0 Å². The number of hydrogen-bond donors (Lipinski definition) is 1. The maximum atomic E-state index is 11.3. The Morgan fingerprint density at radius 2 is 2.12 bits per heavy atom. The molecule has 1 heterocycles. The van der Waals surface area contributed by atoms with E-state index >= 15 is 0 Å². The van der Waals surface area contributed by atoms with Crippen LogP contribution in [0.25, 0.3) is 0 Å². The molecule has 1 aliphatic rings. The van der Waals surface area contributed by atoms with Gasteiger partial charge in [-0.1, -0.05) is 19.8 Å². The molecule has 0 spiro atoms. The quantitative estimate of drug-likeness (QED) is 0.803. The van der Waals surface area contributed by atoms with E-state index in [1.807, 2.05) is 13.8 Å². The van der Waals surface area contributed by atoms with Crippen molar-refractivity contribution in [2.45, 2.75) is 58.9 Å². The first-order valence-corrected chi connectivity index (χ1v) is 6.47. The predicted octanol–water partition coefficient (Wildman–Crippen LogP) is 2.75. The molecule has 0 bridgehead atoms. The number of likely N-dealkylation sites (tertiary alicyclic amines) is 1. The third-order valence-corrected chi connectivity index (χ3v) is 4.04. The van der Waals surface area contributed by atoms with Crippen molar-refractivity contribution in [2.24, 2.45) is 5.41 Å². The molecule has 3 heteroatoms. The summed E-state index contributed by atoms with van der Waals surface area (Å²) < 4.78 is 0. The Bertz CT molecular complexity index is 242. The normalized spacial score (nSPS) is 27.1. The molecule has 0 aliphatic carbocycles. The Labute approximate surface area is 98.8 Å². The van der Waals surface area contributed by atoms with Gasteiger partial charge in [0, 0.05) is 12.6 Å². The number of aliphatic carboxylic acids is 1. The zero-order chi connectivity index (χ0) is 12.2. The monoisotopic (exact) mass is 227 g/mol. The highest BCUT2D eigenvalue weighted by Gasteiger charge is 2.34. The second kappa shape index (κ2) is 5.67. The fourth-order valence-corrected chi connectivity index (χ4v) is 2.35. The Kier molecular flexibility index (Phi) is 4.78. The minimum Gasteiger partial charge on any atom is -0.481 e. The van der Waals surface area contributed by atoms with Gasteiger partial charge >= 0.3 is 5.97 Å². The van der Waals surface area contributed by atoms with Gasteiger partial charge in [-0.25, -0.2) is 0 Å². The summed E-state index contributed by atoms with van der Waals surface area (Å²) in [4.78, 5) is 13.7. The molecule has 0 aromatic heterocycles. The van der Waals surface area contributed by atoms with Gasteiger partial charge in [-0.3, -0.25) is 9.69 Å². The fourth-order valence-electron chi connectivity index (χ4n) is 2.35. The van der Waals surface area contributed by atoms with Crippen LogP contribution in [-0.4, -0.2) is 35.1 Å². The van der Waals surface area contributed by atoms with E-state index < -0.39 is 11.4 Å². The molecule has 0 radical (unpaired) electrons. The van der Waals surface area contributed by atoms with Crippen molar-refractivity contribution < 1.29 is 9.90 Å². The van der Waals surface area contributed by atoms with Crippen molar-refractivity contribution in [1.82, 2.24) is 4.90 Å². The van der Waals surface area contributed by atoms with Crippen molar-refractivity contribution in [3.63, 3.8) is 0 Å². The van der Waals surface area contributed by atoms with Gasteiger partial charge in [-0.2, -0.15) is 0 Å². The average Bonchev–Trinajstić information content (AvgIpc) is 2.44. The summed E-state index contributed by atoms with van der Waals surface area (Å²) >= 11 is 0. The highest BCUT2D eigenvalue weighted by atomic mass is 16.4. The lowest BCUT2D eigenvalue weighted by molar-refractivity contribution is -0.149. The number of carbonyl (C=O) groups is 1. The second-order valence-electron chi connectivity index (χ2n) is 5.39. The van der Waals surface area contributed by atoms with Crippen LogP contribution in [0.4, 0.5) is 0 Å². The smallest absolute Gasteiger partial charge is 0.310 e. The van der Waals surface area contributed by atoms with Gasteiger partial charge in [0.1, 0.15) is 0 Å². The van der Waals surface area contributed by atoms with Crippen LogP contribution >= 0.6 is 0 Å². The zero-order valence-corrected chi connectivity index (χ0v) is 10.8. The minimum atomic E-state index is -0.661. The maximum absolute atomic E-state index is 11.3. The molecule has 94 valence electrons. The van der Waals surface area contributed by atoms with Crippen LogP contribution in [0.1, 0.15) is 52.9 Å². The number of hydrogen-bond acceptors (Lipinski definition) is 2. The number of carboxylic acids is 1.